The van der Waals surface area contributed by atoms with Gasteiger partial charge >= 0.3 is 0 Å². The molecular formula is C67H90N6O2S2. The van der Waals surface area contributed by atoms with E-state index in [9.17, 15) is 10.2 Å². The summed E-state index contributed by atoms with van der Waals surface area (Å²) in [6.07, 6.45) is 32.0. The first kappa shape index (κ1) is 58.1. The van der Waals surface area contributed by atoms with E-state index in [0.29, 0.717) is 22.5 Å². The molecule has 8 nitrogen and oxygen atoms in total. The topological polar surface area (TPSA) is 102 Å². The zero-order valence-corrected chi connectivity index (χ0v) is 49.0. The van der Waals surface area contributed by atoms with Crippen molar-refractivity contribution >= 4 is 67.4 Å². The highest BCUT2D eigenvalue weighted by molar-refractivity contribution is 7.99. The fraction of sp³-hybridized carbons (Fsp3) is 0.522. The Balaban J connectivity index is 0.861. The average molecular weight is 1080 g/mol. The van der Waals surface area contributed by atoms with E-state index in [0.717, 1.165) is 124 Å². The Morgan fingerprint density at radius 2 is 0.753 bits per heavy atom. The van der Waals surface area contributed by atoms with Gasteiger partial charge in [-0.1, -0.05) is 178 Å². The number of phenolic OH excluding ortho intramolecular Hbond substituents is 2. The van der Waals surface area contributed by atoms with Crippen LogP contribution >= 0.6 is 23.5 Å². The van der Waals surface area contributed by atoms with Gasteiger partial charge in [0.25, 0.3) is 0 Å². The molecule has 0 atom stereocenters. The van der Waals surface area contributed by atoms with Gasteiger partial charge in [-0.05, 0) is 140 Å². The molecular weight excluding hydrogens is 985 g/mol. The molecule has 77 heavy (non-hydrogen) atoms. The molecule has 4 heterocycles. The molecule has 2 N–H and O–H groups in total. The Morgan fingerprint density at radius 3 is 1.14 bits per heavy atom. The summed E-state index contributed by atoms with van der Waals surface area (Å²) >= 11 is 4.11. The monoisotopic (exact) mass is 1070 g/mol. The molecule has 0 spiro atoms. The van der Waals surface area contributed by atoms with Gasteiger partial charge < -0.3 is 19.3 Å². The molecule has 0 aliphatic heterocycles. The van der Waals surface area contributed by atoms with Gasteiger partial charge in [0.1, 0.15) is 33.9 Å². The predicted octanol–water partition coefficient (Wildman–Crippen LogP) is 19.0. The average Bonchev–Trinajstić information content (AvgIpc) is 4.04. The highest BCUT2D eigenvalue weighted by Gasteiger charge is 2.19. The van der Waals surface area contributed by atoms with E-state index in [4.69, 9.17) is 19.9 Å². The minimum Gasteiger partial charge on any atom is -0.505 e. The van der Waals surface area contributed by atoms with E-state index >= 15 is 0 Å². The van der Waals surface area contributed by atoms with Gasteiger partial charge in [0, 0.05) is 23.9 Å². The minimum absolute atomic E-state index is 0.296. The van der Waals surface area contributed by atoms with Crippen molar-refractivity contribution in [1.29, 1.82) is 0 Å². The number of benzene rings is 4. The van der Waals surface area contributed by atoms with E-state index < -0.39 is 0 Å². The van der Waals surface area contributed by atoms with Crippen molar-refractivity contribution in [3.8, 4) is 34.5 Å². The summed E-state index contributed by atoms with van der Waals surface area (Å²) in [6.45, 7) is 10.4. The van der Waals surface area contributed by atoms with Gasteiger partial charge in [-0.2, -0.15) is 23.5 Å². The van der Waals surface area contributed by atoms with Crippen LogP contribution in [0.4, 0.5) is 0 Å². The third-order valence-electron chi connectivity index (χ3n) is 15.7. The lowest BCUT2D eigenvalue weighted by atomic mass is 10.0. The van der Waals surface area contributed by atoms with Crippen LogP contribution in [0.1, 0.15) is 191 Å². The van der Waals surface area contributed by atoms with Crippen LogP contribution < -0.4 is 0 Å². The second-order valence-corrected chi connectivity index (χ2v) is 24.1. The zero-order chi connectivity index (χ0) is 53.6. The van der Waals surface area contributed by atoms with Gasteiger partial charge in [-0.3, -0.25) is 0 Å². The number of imidazole rings is 2. The molecule has 412 valence electrons. The molecule has 0 bridgehead atoms. The number of thioether (sulfide) groups is 2. The van der Waals surface area contributed by atoms with Crippen molar-refractivity contribution in [2.45, 2.75) is 201 Å². The lowest BCUT2D eigenvalue weighted by Crippen LogP contribution is -2.00. The SMILES string of the molecule is CCCCCCCCCCCCSCCCc1ccc2ccc(-c3nc4cc(Cc5ccc6c(c5)nc(-c5ccc7ccc(CCCSCCCCCCCCCCCC)c(O)c7n5)n6CC)ccc4n3CC)nc2c1O. The first-order valence-electron chi connectivity index (χ1n) is 30.3. The third-order valence-corrected chi connectivity index (χ3v) is 18.0. The maximum absolute atomic E-state index is 11.5. The summed E-state index contributed by atoms with van der Waals surface area (Å²) in [5.41, 5.74) is 11.1. The number of unbranched alkanes of at least 4 members (excludes halogenated alkanes) is 18. The second kappa shape index (κ2) is 30.9. The number of phenols is 2. The molecule has 0 aliphatic rings. The minimum atomic E-state index is 0.296. The number of rotatable bonds is 36. The molecule has 8 aromatic rings. The Bertz CT molecular complexity index is 2880. The number of nitrogens with zero attached hydrogens (tertiary/aromatic N) is 6. The van der Waals surface area contributed by atoms with Crippen LogP contribution in [0.5, 0.6) is 11.5 Å². The van der Waals surface area contributed by atoms with Crippen LogP contribution in [0, 0.1) is 0 Å². The molecule has 0 saturated heterocycles. The van der Waals surface area contributed by atoms with E-state index in [1.807, 2.05) is 12.1 Å². The van der Waals surface area contributed by atoms with Crippen LogP contribution in [-0.4, -0.2) is 62.3 Å². The van der Waals surface area contributed by atoms with Gasteiger partial charge in [-0.25, -0.2) is 19.9 Å². The molecule has 0 saturated carbocycles. The van der Waals surface area contributed by atoms with Gasteiger partial charge in [0.15, 0.2) is 11.6 Å². The number of aromatic nitrogens is 6. The van der Waals surface area contributed by atoms with Crippen LogP contribution in [0.3, 0.4) is 0 Å². The molecule has 4 aromatic heterocycles. The Morgan fingerprint density at radius 1 is 0.390 bits per heavy atom. The third kappa shape index (κ3) is 16.0. The molecule has 4 aromatic carbocycles. The molecule has 0 fully saturated rings. The predicted molar refractivity (Wildman–Crippen MR) is 333 cm³/mol. The van der Waals surface area contributed by atoms with Crippen LogP contribution in [0.2, 0.25) is 0 Å². The lowest BCUT2D eigenvalue weighted by Gasteiger charge is -2.10. The number of aromatic hydroxyl groups is 2. The molecule has 0 radical (unpaired) electrons. The van der Waals surface area contributed by atoms with Gasteiger partial charge in [-0.15, -0.1) is 0 Å². The van der Waals surface area contributed by atoms with Gasteiger partial charge in [0.2, 0.25) is 0 Å². The number of aryl methyl sites for hydroxylation is 4. The Labute approximate surface area is 470 Å². The summed E-state index contributed by atoms with van der Waals surface area (Å²) in [5, 5.41) is 25.0. The highest BCUT2D eigenvalue weighted by atomic mass is 32.2. The fourth-order valence-corrected chi connectivity index (χ4v) is 13.2. The molecule has 8 rings (SSSR count). The Kier molecular flexibility index (Phi) is 23.3. The van der Waals surface area contributed by atoms with Crippen LogP contribution in [0.15, 0.2) is 84.9 Å². The smallest absolute Gasteiger partial charge is 0.159 e. The van der Waals surface area contributed by atoms with Crippen molar-refractivity contribution in [1.82, 2.24) is 29.1 Å². The summed E-state index contributed by atoms with van der Waals surface area (Å²) in [5.74, 6) is 6.89. The summed E-state index contributed by atoms with van der Waals surface area (Å²) in [4.78, 5) is 20.5. The molecule has 0 aliphatic carbocycles. The van der Waals surface area contributed by atoms with E-state index in [1.54, 1.807) is 0 Å². The summed E-state index contributed by atoms with van der Waals surface area (Å²) in [7, 11) is 0. The summed E-state index contributed by atoms with van der Waals surface area (Å²) in [6, 6.07) is 29.7. The van der Waals surface area contributed by atoms with Crippen molar-refractivity contribution in [2.24, 2.45) is 0 Å². The number of hydrogen-bond donors (Lipinski definition) is 2. The molecule has 0 amide bonds. The maximum atomic E-state index is 11.5. The highest BCUT2D eigenvalue weighted by Crippen LogP contribution is 2.35. The first-order valence-corrected chi connectivity index (χ1v) is 32.6. The zero-order valence-electron chi connectivity index (χ0n) is 47.4. The fourth-order valence-electron chi connectivity index (χ4n) is 11.2. The van der Waals surface area contributed by atoms with Crippen molar-refractivity contribution in [3.05, 3.63) is 107 Å². The maximum Gasteiger partial charge on any atom is 0.159 e. The summed E-state index contributed by atoms with van der Waals surface area (Å²) < 4.78 is 4.46. The molecule has 10 heteroatoms. The van der Waals surface area contributed by atoms with Crippen molar-refractivity contribution < 1.29 is 10.2 Å². The largest absolute Gasteiger partial charge is 0.505 e. The standard InChI is InChI=1S/C67H90N6O2S2/c1-5-9-11-13-15-17-19-21-23-25-43-76-45-27-29-54-35-33-52-37-39-56(68-62(52)64(54)74)66-70-58-48-50(31-41-60(58)72(66)7-3)47-51-32-42-61-59(49-51)71-67(73(61)8-4)57-40-38-53-34-36-55(65(75)63(53)69-57)30-28-46-77-44-26-24-22-20-18-16-14-12-10-6-2/h31-42,48-49,74-75H,5-30,43-47H2,1-4H3. The van der Waals surface area contributed by atoms with Gasteiger partial charge in [0.05, 0.1) is 22.1 Å². The lowest BCUT2D eigenvalue weighted by molar-refractivity contribution is 0.472. The first-order chi connectivity index (χ1) is 37.9. The van der Waals surface area contributed by atoms with Crippen LogP contribution in [-0.2, 0) is 32.4 Å². The van der Waals surface area contributed by atoms with E-state index in [-0.39, 0.29) is 0 Å². The second-order valence-electron chi connectivity index (χ2n) is 21.7. The van der Waals surface area contributed by atoms with E-state index in [1.165, 1.54) is 151 Å². The Hall–Kier alpha value is -5.06. The number of hydrogen-bond acceptors (Lipinski definition) is 8. The van der Waals surface area contributed by atoms with E-state index in [2.05, 4.69) is 133 Å². The number of fused-ring (bicyclic) bond motifs is 4. The van der Waals surface area contributed by atoms with Crippen LogP contribution in [0.25, 0.3) is 66.9 Å². The van der Waals surface area contributed by atoms with Crippen molar-refractivity contribution in [2.75, 3.05) is 23.0 Å². The van der Waals surface area contributed by atoms with Crippen molar-refractivity contribution in [3.63, 3.8) is 0 Å². The molecule has 0 unspecified atom stereocenters. The quantitative estimate of drug-likeness (QED) is 0.0375. The number of pyridine rings is 2. The normalized spacial score (nSPS) is 11.9.